The van der Waals surface area contributed by atoms with Crippen LogP contribution in [0.4, 0.5) is 53.0 Å². The van der Waals surface area contributed by atoms with Crippen LogP contribution in [0.15, 0.2) is 12.7 Å². The number of ether oxygens (including phenoxy) is 1. The summed E-state index contributed by atoms with van der Waals surface area (Å²) in [7, 11) is 0. The minimum absolute atomic E-state index is 0. The van der Waals surface area contributed by atoms with Crippen molar-refractivity contribution in [3.05, 3.63) is 12.7 Å². The lowest BCUT2D eigenvalue weighted by atomic mass is 9.55. The number of alkyl halides is 11. The standard InChI is InChI=1S/C13H9F11O2.FH/c1-2-6(25)26-8-3-7(15,5-14)11(19,20)10(18,12(8,21)22)13(23,24)9(16,17)4-8;/h2H,1,3-5H2;1H. The molecule has 2 fully saturated rings. The number of esters is 1. The Morgan fingerprint density at radius 3 is 1.78 bits per heavy atom. The summed E-state index contributed by atoms with van der Waals surface area (Å²) in [6, 6.07) is 0. The van der Waals surface area contributed by atoms with Gasteiger partial charge in [0, 0.05) is 12.5 Å². The number of hydrogen-bond acceptors (Lipinski definition) is 2. The second-order valence-corrected chi connectivity index (χ2v) is 6.16. The third-order valence-corrected chi connectivity index (χ3v) is 4.64. The largest absolute Gasteiger partial charge is 0.449 e. The van der Waals surface area contributed by atoms with Gasteiger partial charge in [-0.25, -0.2) is 18.0 Å². The summed E-state index contributed by atoms with van der Waals surface area (Å²) in [6.45, 7) is -0.310. The molecule has 27 heavy (non-hydrogen) atoms. The van der Waals surface area contributed by atoms with E-state index in [4.69, 9.17) is 0 Å². The molecule has 2 bridgehead atoms. The van der Waals surface area contributed by atoms with Gasteiger partial charge in [0.05, 0.1) is 6.42 Å². The number of hydrogen-bond donors (Lipinski definition) is 0. The minimum Gasteiger partial charge on any atom is -0.449 e. The van der Waals surface area contributed by atoms with Gasteiger partial charge in [0.2, 0.25) is 5.67 Å². The Morgan fingerprint density at radius 1 is 0.889 bits per heavy atom. The number of carbonyl (C=O) groups excluding carboxylic acids is 1. The molecule has 0 radical (unpaired) electrons. The smallest absolute Gasteiger partial charge is 0.355 e. The number of halogens is 12. The van der Waals surface area contributed by atoms with Gasteiger partial charge in [-0.15, -0.1) is 0 Å². The van der Waals surface area contributed by atoms with Crippen LogP contribution in [0.3, 0.4) is 0 Å². The highest BCUT2D eigenvalue weighted by atomic mass is 19.3. The van der Waals surface area contributed by atoms with Gasteiger partial charge in [-0.2, -0.15) is 35.1 Å². The van der Waals surface area contributed by atoms with Crippen LogP contribution in [-0.2, 0) is 9.53 Å². The maximum atomic E-state index is 14.6. The second-order valence-electron chi connectivity index (χ2n) is 6.16. The first-order valence-electron chi connectivity index (χ1n) is 6.73. The predicted molar refractivity (Wildman–Crippen MR) is 64.2 cm³/mol. The van der Waals surface area contributed by atoms with Crippen LogP contribution >= 0.6 is 0 Å². The molecule has 0 aliphatic heterocycles. The molecular weight excluding hydrogens is 416 g/mol. The van der Waals surface area contributed by atoms with Crippen LogP contribution in [-0.4, -0.2) is 53.3 Å². The predicted octanol–water partition coefficient (Wildman–Crippen LogP) is 4.34. The summed E-state index contributed by atoms with van der Waals surface area (Å²) in [5, 5.41) is 0. The summed E-state index contributed by atoms with van der Waals surface area (Å²) in [4.78, 5) is 11.2. The van der Waals surface area contributed by atoms with E-state index < -0.39 is 66.1 Å². The molecule has 2 aliphatic rings. The van der Waals surface area contributed by atoms with E-state index >= 15 is 0 Å². The third kappa shape index (κ3) is 2.20. The molecule has 2 rings (SSSR count). The highest BCUT2D eigenvalue weighted by Crippen LogP contribution is 2.74. The van der Waals surface area contributed by atoms with E-state index in [2.05, 4.69) is 11.3 Å². The van der Waals surface area contributed by atoms with Crippen LogP contribution in [0, 0.1) is 0 Å². The normalized spacial score (nSPS) is 40.4. The summed E-state index contributed by atoms with van der Waals surface area (Å²) in [5.74, 6) is -27.6. The Hall–Kier alpha value is -1.63. The lowest BCUT2D eigenvalue weighted by Gasteiger charge is -2.62. The van der Waals surface area contributed by atoms with Crippen molar-refractivity contribution in [2.45, 2.75) is 53.5 Å². The van der Waals surface area contributed by atoms with Gasteiger partial charge in [-0.3, -0.25) is 4.70 Å². The summed E-state index contributed by atoms with van der Waals surface area (Å²) in [6.07, 6.45) is -5.57. The summed E-state index contributed by atoms with van der Waals surface area (Å²) in [5.41, 5.74) is -16.5. The minimum atomic E-state index is -6.89. The molecule has 0 spiro atoms. The first-order chi connectivity index (χ1) is 11.4. The Kier molecular flexibility index (Phi) is 4.93. The zero-order valence-electron chi connectivity index (χ0n) is 12.8. The molecule has 3 unspecified atom stereocenters. The van der Waals surface area contributed by atoms with E-state index in [1.807, 2.05) is 0 Å². The van der Waals surface area contributed by atoms with Gasteiger partial charge in [0.15, 0.2) is 5.60 Å². The Bertz CT molecular complexity index is 649. The number of carbonyl (C=O) groups is 1. The maximum absolute atomic E-state index is 14.6. The van der Waals surface area contributed by atoms with Crippen molar-refractivity contribution in [3.8, 4) is 0 Å². The molecule has 2 nitrogen and oxygen atoms in total. The van der Waals surface area contributed by atoms with Gasteiger partial charge in [-0.1, -0.05) is 6.58 Å². The van der Waals surface area contributed by atoms with Crippen LogP contribution in [0.2, 0.25) is 0 Å². The van der Waals surface area contributed by atoms with Crippen molar-refractivity contribution in [2.75, 3.05) is 6.67 Å². The maximum Gasteiger partial charge on any atom is 0.355 e. The van der Waals surface area contributed by atoms with Crippen molar-refractivity contribution in [1.29, 1.82) is 0 Å². The lowest BCUT2D eigenvalue weighted by Crippen LogP contribution is -2.89. The molecule has 0 aromatic carbocycles. The molecule has 0 aromatic rings. The molecule has 0 aromatic heterocycles. The topological polar surface area (TPSA) is 26.3 Å². The monoisotopic (exact) mass is 426 g/mol. The van der Waals surface area contributed by atoms with E-state index in [9.17, 15) is 53.1 Å². The number of fused-ring (bicyclic) bond motifs is 2. The first kappa shape index (κ1) is 23.4. The fourth-order valence-electron chi connectivity index (χ4n) is 3.29. The Morgan fingerprint density at radius 2 is 1.37 bits per heavy atom. The van der Waals surface area contributed by atoms with E-state index in [-0.39, 0.29) is 10.8 Å². The van der Waals surface area contributed by atoms with Crippen LogP contribution < -0.4 is 0 Å². The van der Waals surface area contributed by atoms with Crippen molar-refractivity contribution in [3.63, 3.8) is 0 Å². The Balaban J connectivity index is 0.00000364. The quantitative estimate of drug-likeness (QED) is 0.382. The van der Waals surface area contributed by atoms with Gasteiger partial charge in [0.1, 0.15) is 6.67 Å². The molecule has 0 heterocycles. The highest BCUT2D eigenvalue weighted by Gasteiger charge is 3.01. The number of rotatable bonds is 3. The van der Waals surface area contributed by atoms with Gasteiger partial charge in [-0.05, 0) is 0 Å². The van der Waals surface area contributed by atoms with Gasteiger partial charge in [0.25, 0.3) is 0 Å². The first-order valence-corrected chi connectivity index (χ1v) is 6.73. The van der Waals surface area contributed by atoms with E-state index in [0.29, 0.717) is 0 Å². The molecule has 14 heteroatoms. The average Bonchev–Trinajstić information content (AvgIpc) is 2.50. The Labute approximate surface area is 142 Å². The fraction of sp³-hybridized carbons (Fsp3) is 0.769. The molecule has 3 atom stereocenters. The van der Waals surface area contributed by atoms with Crippen LogP contribution in [0.25, 0.3) is 0 Å². The van der Waals surface area contributed by atoms with E-state index in [1.54, 1.807) is 0 Å². The summed E-state index contributed by atoms with van der Waals surface area (Å²) >= 11 is 0. The molecule has 0 N–H and O–H groups in total. The molecule has 0 saturated heterocycles. The zero-order valence-corrected chi connectivity index (χ0v) is 12.8. The molecule has 2 saturated carbocycles. The van der Waals surface area contributed by atoms with Gasteiger partial charge >= 0.3 is 35.3 Å². The molecule has 158 valence electrons. The van der Waals surface area contributed by atoms with Crippen LogP contribution in [0.1, 0.15) is 12.8 Å². The third-order valence-electron chi connectivity index (χ3n) is 4.64. The highest BCUT2D eigenvalue weighted by molar-refractivity contribution is 5.81. The van der Waals surface area contributed by atoms with Crippen molar-refractivity contribution in [1.82, 2.24) is 0 Å². The molecule has 0 amide bonds. The van der Waals surface area contributed by atoms with E-state index in [1.165, 1.54) is 0 Å². The van der Waals surface area contributed by atoms with Crippen molar-refractivity contribution >= 4 is 5.97 Å². The fourth-order valence-corrected chi connectivity index (χ4v) is 3.29. The van der Waals surface area contributed by atoms with Gasteiger partial charge < -0.3 is 4.74 Å². The van der Waals surface area contributed by atoms with Crippen molar-refractivity contribution in [2.24, 2.45) is 0 Å². The summed E-state index contributed by atoms with van der Waals surface area (Å²) < 4.78 is 157. The zero-order chi connectivity index (χ0) is 20.6. The molecular formula is C13H10F12O2. The average molecular weight is 426 g/mol. The van der Waals surface area contributed by atoms with Crippen LogP contribution in [0.5, 0.6) is 0 Å². The van der Waals surface area contributed by atoms with E-state index in [0.717, 1.165) is 0 Å². The molecule has 2 aliphatic carbocycles. The second kappa shape index (κ2) is 5.69. The lowest BCUT2D eigenvalue weighted by molar-refractivity contribution is -0.475. The van der Waals surface area contributed by atoms with Crippen molar-refractivity contribution < 1.29 is 62.5 Å². The SMILES string of the molecule is C=CC(=O)OC12CC(F)(F)C(F)(F)C(F)(C(F)(F)C(F)(CF)C1)C2(F)F.F.